The van der Waals surface area contributed by atoms with Gasteiger partial charge in [-0.25, -0.2) is 4.39 Å². The van der Waals surface area contributed by atoms with Crippen molar-refractivity contribution in [2.75, 3.05) is 47.8 Å². The molecule has 0 unspecified atom stereocenters. The Labute approximate surface area is 170 Å². The minimum atomic E-state index is -0.208. The van der Waals surface area contributed by atoms with Gasteiger partial charge in [-0.1, -0.05) is 30.3 Å². The molecule has 150 valence electrons. The number of nitrogens with one attached hydrogen (secondary N) is 1. The first-order valence-electron chi connectivity index (χ1n) is 10.0. The number of rotatable bonds is 7. The molecular weight excluding hydrogens is 367 g/mol. The number of aromatic nitrogens is 3. The highest BCUT2D eigenvalue weighted by atomic mass is 19.1. The summed E-state index contributed by atoms with van der Waals surface area (Å²) in [4.78, 5) is 9.01. The maximum absolute atomic E-state index is 13.1. The van der Waals surface area contributed by atoms with Crippen LogP contribution in [0.1, 0.15) is 12.0 Å². The molecule has 0 amide bonds. The SMILES string of the molecule is Fc1ccc(N2CCN(c3nncc(NCCCc4ccccc4)n3)CC2)cc1. The molecule has 7 heteroatoms. The Bertz CT molecular complexity index is 895. The van der Waals surface area contributed by atoms with Gasteiger partial charge in [0.1, 0.15) is 5.82 Å². The molecule has 3 aromatic rings. The summed E-state index contributed by atoms with van der Waals surface area (Å²) < 4.78 is 13.1. The summed E-state index contributed by atoms with van der Waals surface area (Å²) in [7, 11) is 0. The number of piperazine rings is 1. The van der Waals surface area contributed by atoms with E-state index in [0.717, 1.165) is 57.1 Å². The molecule has 0 spiro atoms. The fourth-order valence-corrected chi connectivity index (χ4v) is 3.48. The van der Waals surface area contributed by atoms with Crippen LogP contribution in [0.2, 0.25) is 0 Å². The highest BCUT2D eigenvalue weighted by Crippen LogP contribution is 2.19. The lowest BCUT2D eigenvalue weighted by molar-refractivity contribution is 0.622. The van der Waals surface area contributed by atoms with E-state index in [2.05, 4.69) is 54.6 Å². The normalized spacial score (nSPS) is 14.1. The van der Waals surface area contributed by atoms with Crippen LogP contribution in [0.25, 0.3) is 0 Å². The Morgan fingerprint density at radius 1 is 0.897 bits per heavy atom. The number of nitrogens with zero attached hydrogens (tertiary/aromatic N) is 5. The zero-order chi connectivity index (χ0) is 19.9. The molecule has 1 aromatic heterocycles. The highest BCUT2D eigenvalue weighted by Gasteiger charge is 2.20. The van der Waals surface area contributed by atoms with E-state index < -0.39 is 0 Å². The van der Waals surface area contributed by atoms with Crippen LogP contribution in [0.4, 0.5) is 21.8 Å². The molecule has 0 atom stereocenters. The first-order valence-corrected chi connectivity index (χ1v) is 10.0. The third-order valence-corrected chi connectivity index (χ3v) is 5.09. The zero-order valence-corrected chi connectivity index (χ0v) is 16.3. The number of aryl methyl sites for hydroxylation is 1. The largest absolute Gasteiger partial charge is 0.369 e. The summed E-state index contributed by atoms with van der Waals surface area (Å²) in [5.41, 5.74) is 2.38. The van der Waals surface area contributed by atoms with Gasteiger partial charge in [-0.05, 0) is 42.7 Å². The summed E-state index contributed by atoms with van der Waals surface area (Å²) in [6, 6.07) is 17.1. The average molecular weight is 392 g/mol. The summed E-state index contributed by atoms with van der Waals surface area (Å²) in [6.45, 7) is 4.12. The second kappa shape index (κ2) is 9.32. The van der Waals surface area contributed by atoms with Crippen LogP contribution in [-0.2, 0) is 6.42 Å². The minimum Gasteiger partial charge on any atom is -0.369 e. The second-order valence-electron chi connectivity index (χ2n) is 7.11. The molecule has 29 heavy (non-hydrogen) atoms. The van der Waals surface area contributed by atoms with Crippen LogP contribution >= 0.6 is 0 Å². The van der Waals surface area contributed by atoms with E-state index in [1.807, 2.05) is 18.2 Å². The van der Waals surface area contributed by atoms with E-state index in [1.54, 1.807) is 6.20 Å². The standard InChI is InChI=1S/C22H25FN6/c23-19-8-10-20(11-9-19)28-13-15-29(16-14-28)22-26-21(17-25-27-22)24-12-4-7-18-5-2-1-3-6-18/h1-3,5-6,8-11,17H,4,7,12-16H2,(H,24,26,27). The Morgan fingerprint density at radius 2 is 1.62 bits per heavy atom. The molecule has 0 radical (unpaired) electrons. The van der Waals surface area contributed by atoms with Gasteiger partial charge in [0.25, 0.3) is 0 Å². The number of hydrogen-bond acceptors (Lipinski definition) is 6. The molecule has 0 bridgehead atoms. The lowest BCUT2D eigenvalue weighted by atomic mass is 10.1. The number of halogens is 1. The van der Waals surface area contributed by atoms with Crippen molar-refractivity contribution >= 4 is 17.5 Å². The Kier molecular flexibility index (Phi) is 6.14. The monoisotopic (exact) mass is 392 g/mol. The van der Waals surface area contributed by atoms with Gasteiger partial charge >= 0.3 is 0 Å². The second-order valence-corrected chi connectivity index (χ2v) is 7.11. The smallest absolute Gasteiger partial charge is 0.247 e. The molecule has 1 aliphatic rings. The van der Waals surface area contributed by atoms with Crippen molar-refractivity contribution in [2.24, 2.45) is 0 Å². The Hall–Kier alpha value is -3.22. The first-order chi connectivity index (χ1) is 14.3. The van der Waals surface area contributed by atoms with Crippen molar-refractivity contribution in [3.05, 3.63) is 72.2 Å². The molecule has 6 nitrogen and oxygen atoms in total. The van der Waals surface area contributed by atoms with Crippen molar-refractivity contribution in [1.29, 1.82) is 0 Å². The van der Waals surface area contributed by atoms with Crippen LogP contribution in [-0.4, -0.2) is 47.9 Å². The van der Waals surface area contributed by atoms with Crippen molar-refractivity contribution in [3.8, 4) is 0 Å². The van der Waals surface area contributed by atoms with Gasteiger partial charge in [0, 0.05) is 38.4 Å². The molecule has 1 saturated heterocycles. The van der Waals surface area contributed by atoms with Crippen molar-refractivity contribution in [2.45, 2.75) is 12.8 Å². The molecule has 1 N–H and O–H groups in total. The van der Waals surface area contributed by atoms with Crippen molar-refractivity contribution < 1.29 is 4.39 Å². The fourth-order valence-electron chi connectivity index (χ4n) is 3.48. The summed E-state index contributed by atoms with van der Waals surface area (Å²) in [5.74, 6) is 1.20. The molecule has 0 saturated carbocycles. The van der Waals surface area contributed by atoms with E-state index in [-0.39, 0.29) is 5.82 Å². The molecule has 0 aliphatic carbocycles. The first kappa shape index (κ1) is 19.1. The van der Waals surface area contributed by atoms with E-state index in [9.17, 15) is 4.39 Å². The summed E-state index contributed by atoms with van der Waals surface area (Å²) >= 11 is 0. The van der Waals surface area contributed by atoms with Crippen LogP contribution in [0, 0.1) is 5.82 Å². The van der Waals surface area contributed by atoms with Crippen LogP contribution in [0.3, 0.4) is 0 Å². The molecular formula is C22H25FN6. The van der Waals surface area contributed by atoms with Gasteiger partial charge < -0.3 is 15.1 Å². The topological polar surface area (TPSA) is 57.2 Å². The predicted molar refractivity (Wildman–Crippen MR) is 114 cm³/mol. The molecule has 1 aliphatic heterocycles. The van der Waals surface area contributed by atoms with Crippen molar-refractivity contribution in [1.82, 2.24) is 15.2 Å². The summed E-state index contributed by atoms with van der Waals surface area (Å²) in [5, 5.41) is 11.7. The predicted octanol–water partition coefficient (Wildman–Crippen LogP) is 3.38. The van der Waals surface area contributed by atoms with Gasteiger partial charge in [-0.2, -0.15) is 10.1 Å². The Morgan fingerprint density at radius 3 is 2.38 bits per heavy atom. The van der Waals surface area contributed by atoms with E-state index in [0.29, 0.717) is 5.95 Å². The number of benzene rings is 2. The molecule has 4 rings (SSSR count). The highest BCUT2D eigenvalue weighted by molar-refractivity contribution is 5.49. The lowest BCUT2D eigenvalue weighted by Crippen LogP contribution is -2.47. The van der Waals surface area contributed by atoms with Gasteiger partial charge in [0.2, 0.25) is 5.95 Å². The van der Waals surface area contributed by atoms with Gasteiger partial charge in [0.05, 0.1) is 6.20 Å². The average Bonchev–Trinajstić information content (AvgIpc) is 2.78. The van der Waals surface area contributed by atoms with E-state index in [1.165, 1.54) is 17.7 Å². The maximum Gasteiger partial charge on any atom is 0.247 e. The van der Waals surface area contributed by atoms with Crippen LogP contribution in [0.15, 0.2) is 60.8 Å². The minimum absolute atomic E-state index is 0.208. The molecule has 1 fully saturated rings. The van der Waals surface area contributed by atoms with E-state index >= 15 is 0 Å². The van der Waals surface area contributed by atoms with Gasteiger partial charge in [0.15, 0.2) is 5.82 Å². The zero-order valence-electron chi connectivity index (χ0n) is 16.3. The number of anilines is 3. The quantitative estimate of drug-likeness (QED) is 0.622. The maximum atomic E-state index is 13.1. The molecule has 2 aromatic carbocycles. The lowest BCUT2D eigenvalue weighted by Gasteiger charge is -2.35. The Balaban J connectivity index is 1.27. The van der Waals surface area contributed by atoms with E-state index in [4.69, 9.17) is 0 Å². The third-order valence-electron chi connectivity index (χ3n) is 5.09. The van der Waals surface area contributed by atoms with Crippen molar-refractivity contribution in [3.63, 3.8) is 0 Å². The van der Waals surface area contributed by atoms with Gasteiger partial charge in [-0.15, -0.1) is 5.10 Å². The molecule has 2 heterocycles. The third kappa shape index (κ3) is 5.19. The van der Waals surface area contributed by atoms with Gasteiger partial charge in [-0.3, -0.25) is 0 Å². The summed E-state index contributed by atoms with van der Waals surface area (Å²) in [6.07, 6.45) is 3.73. The van der Waals surface area contributed by atoms with Crippen LogP contribution in [0.5, 0.6) is 0 Å². The van der Waals surface area contributed by atoms with Crippen LogP contribution < -0.4 is 15.1 Å². The number of hydrogen-bond donors (Lipinski definition) is 1. The fraction of sp³-hybridized carbons (Fsp3) is 0.318.